The fourth-order valence-corrected chi connectivity index (χ4v) is 0.746. The highest BCUT2D eigenvalue weighted by Crippen LogP contribution is 2.15. The van der Waals surface area contributed by atoms with Crippen LogP contribution in [0.3, 0.4) is 0 Å². The predicted octanol–water partition coefficient (Wildman–Crippen LogP) is 0.701. The highest BCUT2D eigenvalue weighted by molar-refractivity contribution is 6.00. The van der Waals surface area contributed by atoms with Crippen molar-refractivity contribution in [2.75, 3.05) is 7.11 Å². The van der Waals surface area contributed by atoms with Crippen LogP contribution in [0.15, 0.2) is 12.3 Å². The summed E-state index contributed by atoms with van der Waals surface area (Å²) in [5, 5.41) is 1.30. The second-order valence-electron chi connectivity index (χ2n) is 2.93. The number of carbonyl (C=O) groups excluding carboxylic acids is 3. The maximum atomic E-state index is 11.8. The number of halogens is 3. The van der Waals surface area contributed by atoms with E-state index >= 15 is 0 Å². The number of rotatable bonds is 5. The Morgan fingerprint density at radius 2 is 1.76 bits per heavy atom. The van der Waals surface area contributed by atoms with Crippen LogP contribution >= 0.6 is 0 Å². The molecule has 0 aliphatic rings. The molecule has 0 aliphatic heterocycles. The number of nitrogens with one attached hydrogen (secondary N) is 1. The molecule has 0 saturated heterocycles. The first-order valence-electron chi connectivity index (χ1n) is 4.35. The fraction of sp³-hybridized carbons (Fsp3) is 0.444. The molecule has 0 rings (SSSR count). The van der Waals surface area contributed by atoms with Crippen LogP contribution in [0.25, 0.3) is 0 Å². The number of amides is 1. The molecule has 0 aliphatic carbocycles. The van der Waals surface area contributed by atoms with Gasteiger partial charge < -0.3 is 10.1 Å². The number of hydrogen-bond donors (Lipinski definition) is 1. The van der Waals surface area contributed by atoms with Gasteiger partial charge in [-0.05, 0) is 0 Å². The Balaban J connectivity index is 4.21. The van der Waals surface area contributed by atoms with Crippen LogP contribution in [0, 0.1) is 0 Å². The van der Waals surface area contributed by atoms with Gasteiger partial charge >= 0.3 is 18.1 Å². The molecule has 0 spiro atoms. The van der Waals surface area contributed by atoms with Gasteiger partial charge in [-0.2, -0.15) is 13.2 Å². The molecule has 1 amide bonds. The first-order chi connectivity index (χ1) is 7.68. The number of carbonyl (C=O) groups is 3. The average Bonchev–Trinajstić information content (AvgIpc) is 2.23. The number of allylic oxidation sites excluding steroid dienone is 1. The monoisotopic (exact) mass is 253 g/mol. The Morgan fingerprint density at radius 3 is 2.18 bits per heavy atom. The van der Waals surface area contributed by atoms with E-state index in [2.05, 4.69) is 11.3 Å². The van der Waals surface area contributed by atoms with Crippen molar-refractivity contribution in [2.24, 2.45) is 0 Å². The van der Waals surface area contributed by atoms with Crippen LogP contribution in [0.5, 0.6) is 0 Å². The Kier molecular flexibility index (Phi) is 5.36. The zero-order valence-electron chi connectivity index (χ0n) is 8.89. The third-order valence-electron chi connectivity index (χ3n) is 1.64. The molecule has 5 nitrogen and oxygen atoms in total. The van der Waals surface area contributed by atoms with Gasteiger partial charge in [0.2, 0.25) is 0 Å². The second kappa shape index (κ2) is 6.02. The van der Waals surface area contributed by atoms with Crippen LogP contribution in [0.1, 0.15) is 12.8 Å². The molecular weight excluding hydrogens is 243 g/mol. The summed E-state index contributed by atoms with van der Waals surface area (Å²) in [5.74, 6) is -3.84. The van der Waals surface area contributed by atoms with Gasteiger partial charge in [-0.3, -0.25) is 14.4 Å². The van der Waals surface area contributed by atoms with E-state index in [9.17, 15) is 27.6 Å². The third-order valence-corrected chi connectivity index (χ3v) is 1.64. The number of ketones is 1. The number of ether oxygens (including phenoxy) is 1. The van der Waals surface area contributed by atoms with Crippen molar-refractivity contribution in [1.29, 1.82) is 0 Å². The second-order valence-corrected chi connectivity index (χ2v) is 2.93. The molecular formula is C9H10F3NO4. The lowest BCUT2D eigenvalue weighted by Gasteiger charge is -2.09. The largest absolute Gasteiger partial charge is 0.471 e. The predicted molar refractivity (Wildman–Crippen MR) is 49.6 cm³/mol. The Labute approximate surface area is 94.6 Å². The summed E-state index contributed by atoms with van der Waals surface area (Å²) in [6.45, 7) is 2.98. The molecule has 0 aromatic carbocycles. The van der Waals surface area contributed by atoms with Gasteiger partial charge in [-0.1, -0.05) is 6.58 Å². The normalized spacial score (nSPS) is 10.6. The summed E-state index contributed by atoms with van der Waals surface area (Å²) < 4.78 is 39.6. The maximum Gasteiger partial charge on any atom is 0.471 e. The molecule has 0 fully saturated rings. The quantitative estimate of drug-likeness (QED) is 0.578. The van der Waals surface area contributed by atoms with E-state index in [0.29, 0.717) is 0 Å². The smallest absolute Gasteiger partial charge is 0.469 e. The topological polar surface area (TPSA) is 72.5 Å². The molecule has 0 aromatic rings. The summed E-state index contributed by atoms with van der Waals surface area (Å²) in [7, 11) is 1.10. The van der Waals surface area contributed by atoms with Crippen LogP contribution < -0.4 is 5.32 Å². The summed E-state index contributed by atoms with van der Waals surface area (Å²) in [6, 6.07) is 0. The molecule has 96 valence electrons. The zero-order valence-corrected chi connectivity index (χ0v) is 8.89. The molecule has 0 bridgehead atoms. The minimum atomic E-state index is -5.09. The van der Waals surface area contributed by atoms with Crippen molar-refractivity contribution in [3.63, 3.8) is 0 Å². The molecule has 1 N–H and O–H groups in total. The third kappa shape index (κ3) is 5.69. The summed E-state index contributed by atoms with van der Waals surface area (Å²) in [4.78, 5) is 32.2. The lowest BCUT2D eigenvalue weighted by Crippen LogP contribution is -2.37. The van der Waals surface area contributed by atoms with Gasteiger partial charge in [0, 0.05) is 6.42 Å². The zero-order chi connectivity index (χ0) is 13.6. The van der Waals surface area contributed by atoms with E-state index in [0.717, 1.165) is 7.11 Å². The minimum absolute atomic E-state index is 0.295. The molecule has 0 radical (unpaired) electrons. The highest BCUT2D eigenvalue weighted by atomic mass is 19.4. The maximum absolute atomic E-state index is 11.8. The molecule has 0 aromatic heterocycles. The molecule has 8 heteroatoms. The van der Waals surface area contributed by atoms with Crippen molar-refractivity contribution in [2.45, 2.75) is 19.0 Å². The average molecular weight is 253 g/mol. The summed E-state index contributed by atoms with van der Waals surface area (Å²) >= 11 is 0. The molecule has 0 saturated carbocycles. The number of esters is 1. The first kappa shape index (κ1) is 15.1. The van der Waals surface area contributed by atoms with E-state index in [-0.39, 0.29) is 12.8 Å². The Hall–Kier alpha value is -1.86. The van der Waals surface area contributed by atoms with Crippen molar-refractivity contribution >= 4 is 17.7 Å². The van der Waals surface area contributed by atoms with E-state index < -0.39 is 29.5 Å². The van der Waals surface area contributed by atoms with Crippen molar-refractivity contribution < 1.29 is 32.3 Å². The van der Waals surface area contributed by atoms with Gasteiger partial charge in [-0.15, -0.1) is 0 Å². The van der Waals surface area contributed by atoms with Crippen molar-refractivity contribution in [3.05, 3.63) is 12.3 Å². The summed E-state index contributed by atoms with van der Waals surface area (Å²) in [6.07, 6.45) is -5.77. The number of methoxy groups -OCH3 is 1. The first-order valence-corrected chi connectivity index (χ1v) is 4.35. The Bertz CT molecular complexity index is 349. The van der Waals surface area contributed by atoms with E-state index in [1.54, 1.807) is 0 Å². The van der Waals surface area contributed by atoms with Gasteiger partial charge in [0.25, 0.3) is 0 Å². The standard InChI is InChI=1S/C9H10F3NO4/c1-5(13-8(16)9(10,11)12)6(14)3-4-7(15)17-2/h1,3-4H2,2H3,(H,13,16). The number of alkyl halides is 3. The fourth-order valence-electron chi connectivity index (χ4n) is 0.746. The van der Waals surface area contributed by atoms with Gasteiger partial charge in [0.05, 0.1) is 19.2 Å². The molecule has 0 atom stereocenters. The van der Waals surface area contributed by atoms with E-state index in [1.165, 1.54) is 5.32 Å². The summed E-state index contributed by atoms with van der Waals surface area (Å²) in [5.41, 5.74) is -0.712. The van der Waals surface area contributed by atoms with Crippen LogP contribution in [-0.4, -0.2) is 30.9 Å². The van der Waals surface area contributed by atoms with Crippen LogP contribution in [0.4, 0.5) is 13.2 Å². The highest BCUT2D eigenvalue weighted by Gasteiger charge is 2.39. The van der Waals surface area contributed by atoms with Crippen molar-refractivity contribution in [3.8, 4) is 0 Å². The van der Waals surface area contributed by atoms with Gasteiger partial charge in [-0.25, -0.2) is 0 Å². The van der Waals surface area contributed by atoms with Crippen molar-refractivity contribution in [1.82, 2.24) is 5.32 Å². The lowest BCUT2D eigenvalue weighted by atomic mass is 10.2. The SMILES string of the molecule is C=C(NC(=O)C(F)(F)F)C(=O)CCC(=O)OC. The van der Waals surface area contributed by atoms with E-state index in [4.69, 9.17) is 0 Å². The molecule has 0 heterocycles. The molecule has 0 unspecified atom stereocenters. The molecule has 17 heavy (non-hydrogen) atoms. The number of hydrogen-bond acceptors (Lipinski definition) is 4. The van der Waals surface area contributed by atoms with Gasteiger partial charge in [0.15, 0.2) is 5.78 Å². The minimum Gasteiger partial charge on any atom is -0.469 e. The van der Waals surface area contributed by atoms with Gasteiger partial charge in [0.1, 0.15) is 0 Å². The van der Waals surface area contributed by atoms with E-state index in [1.807, 2.05) is 0 Å². The van der Waals surface area contributed by atoms with Crippen LogP contribution in [-0.2, 0) is 19.1 Å². The lowest BCUT2D eigenvalue weighted by molar-refractivity contribution is -0.172. The Morgan fingerprint density at radius 1 is 1.24 bits per heavy atom. The van der Waals surface area contributed by atoms with Crippen LogP contribution in [0.2, 0.25) is 0 Å². The number of Topliss-reactive ketones (excluding diaryl/α,β-unsaturated/α-hetero) is 1.